The van der Waals surface area contributed by atoms with Crippen LogP contribution in [0, 0.1) is 6.92 Å². The fourth-order valence-corrected chi connectivity index (χ4v) is 3.48. The van der Waals surface area contributed by atoms with Crippen molar-refractivity contribution in [2.24, 2.45) is 0 Å². The minimum absolute atomic E-state index is 0.842. The molecule has 0 aliphatic carbocycles. The van der Waals surface area contributed by atoms with Gasteiger partial charge in [0.1, 0.15) is 0 Å². The second-order valence-corrected chi connectivity index (χ2v) is 5.93. The number of hydrogen-bond acceptors (Lipinski definition) is 3. The summed E-state index contributed by atoms with van der Waals surface area (Å²) in [6.07, 6.45) is 0. The Morgan fingerprint density at radius 2 is 1.80 bits per heavy atom. The molecule has 0 spiro atoms. The zero-order valence-corrected chi connectivity index (χ0v) is 11.9. The molecule has 3 nitrogen and oxygen atoms in total. The highest BCUT2D eigenvalue weighted by molar-refractivity contribution is 7.99. The maximum absolute atomic E-state index is 4.40. The molecule has 0 fully saturated rings. The van der Waals surface area contributed by atoms with E-state index >= 15 is 0 Å². The summed E-state index contributed by atoms with van der Waals surface area (Å²) in [6, 6.07) is 16.8. The van der Waals surface area contributed by atoms with Crippen LogP contribution in [-0.4, -0.2) is 14.8 Å². The molecule has 0 atom stereocenters. The fraction of sp³-hybridized carbons (Fsp3) is 0.125. The van der Waals surface area contributed by atoms with Crippen LogP contribution < -0.4 is 0 Å². The Labute approximate surface area is 121 Å². The third-order valence-electron chi connectivity index (χ3n) is 3.61. The summed E-state index contributed by atoms with van der Waals surface area (Å²) >= 11 is 1.69. The highest BCUT2D eigenvalue weighted by Crippen LogP contribution is 2.37. The number of aryl methyl sites for hydroxylation is 1. The quantitative estimate of drug-likeness (QED) is 0.531. The van der Waals surface area contributed by atoms with Crippen LogP contribution in [0.5, 0.6) is 0 Å². The van der Waals surface area contributed by atoms with Crippen molar-refractivity contribution in [3.8, 4) is 11.4 Å². The van der Waals surface area contributed by atoms with Gasteiger partial charge in [-0.25, -0.2) is 0 Å². The minimum Gasteiger partial charge on any atom is -0.297 e. The fourth-order valence-electron chi connectivity index (χ4n) is 2.53. The first kappa shape index (κ1) is 11.7. The number of aromatic nitrogens is 3. The molecule has 0 amide bonds. The number of rotatable bonds is 1. The lowest BCUT2D eigenvalue weighted by molar-refractivity contribution is 0.692. The molecule has 20 heavy (non-hydrogen) atoms. The Kier molecular flexibility index (Phi) is 2.63. The highest BCUT2D eigenvalue weighted by atomic mass is 32.2. The van der Waals surface area contributed by atoms with Gasteiger partial charge in [0.05, 0.1) is 6.54 Å². The minimum atomic E-state index is 0.842. The first-order valence-corrected chi connectivity index (χ1v) is 7.39. The van der Waals surface area contributed by atoms with Crippen LogP contribution in [0.1, 0.15) is 11.1 Å². The largest absolute Gasteiger partial charge is 0.297 e. The van der Waals surface area contributed by atoms with Crippen molar-refractivity contribution in [3.63, 3.8) is 0 Å². The lowest BCUT2D eigenvalue weighted by Crippen LogP contribution is -2.09. The maximum atomic E-state index is 4.40. The van der Waals surface area contributed by atoms with Crippen LogP contribution in [-0.2, 0) is 6.54 Å². The number of fused-ring (bicyclic) bond motifs is 2. The molecule has 0 unspecified atom stereocenters. The van der Waals surface area contributed by atoms with Crippen LogP contribution in [0.2, 0.25) is 0 Å². The average molecular weight is 279 g/mol. The molecule has 98 valence electrons. The summed E-state index contributed by atoms with van der Waals surface area (Å²) in [7, 11) is 0. The molecule has 0 saturated heterocycles. The summed E-state index contributed by atoms with van der Waals surface area (Å²) in [5.41, 5.74) is 3.72. The van der Waals surface area contributed by atoms with Gasteiger partial charge in [-0.15, -0.1) is 10.2 Å². The Hall–Kier alpha value is -2.07. The Morgan fingerprint density at radius 3 is 2.70 bits per heavy atom. The molecule has 4 heteroatoms. The average Bonchev–Trinajstić information content (AvgIpc) is 2.88. The third kappa shape index (κ3) is 1.76. The van der Waals surface area contributed by atoms with E-state index in [-0.39, 0.29) is 0 Å². The van der Waals surface area contributed by atoms with Crippen LogP contribution in [0.15, 0.2) is 58.6 Å². The molecule has 1 aliphatic heterocycles. The van der Waals surface area contributed by atoms with Gasteiger partial charge in [0.2, 0.25) is 0 Å². The molecule has 2 heterocycles. The van der Waals surface area contributed by atoms with Gasteiger partial charge in [-0.1, -0.05) is 42.5 Å². The molecule has 4 rings (SSSR count). The zero-order chi connectivity index (χ0) is 13.5. The molecular weight excluding hydrogens is 266 g/mol. The van der Waals surface area contributed by atoms with Crippen LogP contribution >= 0.6 is 11.8 Å². The first-order valence-electron chi connectivity index (χ1n) is 6.58. The van der Waals surface area contributed by atoms with Crippen LogP contribution in [0.4, 0.5) is 0 Å². The third-order valence-corrected chi connectivity index (χ3v) is 4.71. The number of benzene rings is 2. The molecule has 0 bridgehead atoms. The standard InChI is InChI=1S/C16H13N3S/c1-11-6-2-4-8-13(11)15-17-18-16-19(15)10-12-7-3-5-9-14(12)20-16/h2-9H,10H2,1H3. The van der Waals surface area contributed by atoms with Crippen LogP contribution in [0.3, 0.4) is 0 Å². The van der Waals surface area contributed by atoms with Gasteiger partial charge in [-0.05, 0) is 35.9 Å². The first-order chi connectivity index (χ1) is 9.83. The van der Waals surface area contributed by atoms with E-state index in [0.717, 1.165) is 23.1 Å². The van der Waals surface area contributed by atoms with Gasteiger partial charge in [-0.3, -0.25) is 4.57 Å². The van der Waals surface area contributed by atoms with E-state index in [1.807, 2.05) is 6.07 Å². The summed E-state index contributed by atoms with van der Waals surface area (Å²) in [5.74, 6) is 0.958. The topological polar surface area (TPSA) is 30.7 Å². The van der Waals surface area contributed by atoms with Crippen LogP contribution in [0.25, 0.3) is 11.4 Å². The van der Waals surface area contributed by atoms with Crippen molar-refractivity contribution in [3.05, 3.63) is 59.7 Å². The van der Waals surface area contributed by atoms with Gasteiger partial charge < -0.3 is 0 Å². The summed E-state index contributed by atoms with van der Waals surface area (Å²) in [4.78, 5) is 1.28. The second-order valence-electron chi connectivity index (χ2n) is 4.92. The normalized spacial score (nSPS) is 12.8. The Balaban J connectivity index is 1.85. The molecule has 1 aromatic heterocycles. The summed E-state index contributed by atoms with van der Waals surface area (Å²) < 4.78 is 2.20. The maximum Gasteiger partial charge on any atom is 0.196 e. The summed E-state index contributed by atoms with van der Waals surface area (Å²) in [5, 5.41) is 9.73. The zero-order valence-electron chi connectivity index (χ0n) is 11.1. The molecule has 1 aliphatic rings. The van der Waals surface area contributed by atoms with E-state index in [9.17, 15) is 0 Å². The van der Waals surface area contributed by atoms with E-state index in [1.165, 1.54) is 16.0 Å². The molecule has 0 saturated carbocycles. The lowest BCUT2D eigenvalue weighted by Gasteiger charge is -2.18. The molecule has 3 aromatic rings. The van der Waals surface area contributed by atoms with Gasteiger partial charge in [0.15, 0.2) is 11.0 Å². The Bertz CT molecular complexity index is 792. The SMILES string of the molecule is Cc1ccccc1-c1nnc2n1Cc1ccccc1S2. The van der Waals surface area contributed by atoms with E-state index in [1.54, 1.807) is 11.8 Å². The predicted molar refractivity (Wildman–Crippen MR) is 79.9 cm³/mol. The van der Waals surface area contributed by atoms with E-state index < -0.39 is 0 Å². The molecule has 0 radical (unpaired) electrons. The van der Waals surface area contributed by atoms with Crippen molar-refractivity contribution < 1.29 is 0 Å². The van der Waals surface area contributed by atoms with E-state index in [0.29, 0.717) is 0 Å². The van der Waals surface area contributed by atoms with Crippen molar-refractivity contribution in [2.75, 3.05) is 0 Å². The highest BCUT2D eigenvalue weighted by Gasteiger charge is 2.21. The van der Waals surface area contributed by atoms with Crippen molar-refractivity contribution >= 4 is 11.8 Å². The predicted octanol–water partition coefficient (Wildman–Crippen LogP) is 3.77. The monoisotopic (exact) mass is 279 g/mol. The number of hydrogen-bond donors (Lipinski definition) is 0. The molecule has 0 N–H and O–H groups in total. The second kappa shape index (κ2) is 4.49. The van der Waals surface area contributed by atoms with Crippen molar-refractivity contribution in [1.82, 2.24) is 14.8 Å². The van der Waals surface area contributed by atoms with Crippen molar-refractivity contribution in [1.29, 1.82) is 0 Å². The van der Waals surface area contributed by atoms with E-state index in [4.69, 9.17) is 0 Å². The molecular formula is C16H13N3S. The van der Waals surface area contributed by atoms with Gasteiger partial charge in [0, 0.05) is 10.5 Å². The molecule has 2 aromatic carbocycles. The van der Waals surface area contributed by atoms with Gasteiger partial charge >= 0.3 is 0 Å². The smallest absolute Gasteiger partial charge is 0.196 e. The van der Waals surface area contributed by atoms with Gasteiger partial charge in [0.25, 0.3) is 0 Å². The lowest BCUT2D eigenvalue weighted by atomic mass is 10.1. The number of nitrogens with zero attached hydrogens (tertiary/aromatic N) is 3. The van der Waals surface area contributed by atoms with Gasteiger partial charge in [-0.2, -0.15) is 0 Å². The Morgan fingerprint density at radius 1 is 1.00 bits per heavy atom. The van der Waals surface area contributed by atoms with E-state index in [2.05, 4.69) is 64.2 Å². The summed E-state index contributed by atoms with van der Waals surface area (Å²) in [6.45, 7) is 2.95. The van der Waals surface area contributed by atoms with Crippen molar-refractivity contribution in [2.45, 2.75) is 23.5 Å².